The molecule has 0 N–H and O–H groups in total. The van der Waals surface area contributed by atoms with Crippen LogP contribution in [0.2, 0.25) is 0 Å². The van der Waals surface area contributed by atoms with Gasteiger partial charge in [0.25, 0.3) is 0 Å². The number of ether oxygens (including phenoxy) is 3. The van der Waals surface area contributed by atoms with Crippen LogP contribution in [0.1, 0.15) is 89.7 Å². The van der Waals surface area contributed by atoms with E-state index < -0.39 is 0 Å². The molecule has 1 aromatic rings. The molecule has 34 heavy (non-hydrogen) atoms. The highest BCUT2D eigenvalue weighted by Gasteiger charge is 2.38. The van der Waals surface area contributed by atoms with Gasteiger partial charge in [-0.25, -0.2) is 4.79 Å². The molecule has 3 aliphatic rings. The van der Waals surface area contributed by atoms with Crippen molar-refractivity contribution in [3.8, 4) is 5.75 Å². The number of hydrogen-bond acceptors (Lipinski definition) is 5. The normalized spacial score (nSPS) is 23.6. The number of rotatable bonds is 10. The molecule has 0 heterocycles. The molecule has 2 saturated carbocycles. The van der Waals surface area contributed by atoms with Crippen molar-refractivity contribution in [2.24, 2.45) is 23.7 Å². The van der Waals surface area contributed by atoms with Crippen molar-refractivity contribution in [2.75, 3.05) is 13.7 Å². The van der Waals surface area contributed by atoms with E-state index in [0.29, 0.717) is 0 Å². The van der Waals surface area contributed by atoms with Crippen LogP contribution in [0.5, 0.6) is 5.75 Å². The molecule has 0 aliphatic heterocycles. The summed E-state index contributed by atoms with van der Waals surface area (Å²) in [4.78, 5) is 22.6. The van der Waals surface area contributed by atoms with Gasteiger partial charge < -0.3 is 14.2 Å². The molecule has 0 bridgehead atoms. The van der Waals surface area contributed by atoms with Gasteiger partial charge in [0.15, 0.2) is 6.61 Å². The Bertz CT molecular complexity index is 800. The smallest absolute Gasteiger partial charge is 0.343 e. The molecule has 1 aromatic carbocycles. The Balaban J connectivity index is 0.000000204. The number of carbonyl (C=O) groups excluding carboxylic acids is 2. The summed E-state index contributed by atoms with van der Waals surface area (Å²) in [6, 6.07) is 6.22. The van der Waals surface area contributed by atoms with Gasteiger partial charge in [0.1, 0.15) is 11.9 Å². The van der Waals surface area contributed by atoms with E-state index in [0.717, 1.165) is 62.0 Å². The lowest BCUT2D eigenvalue weighted by molar-refractivity contribution is -0.151. The van der Waals surface area contributed by atoms with Crippen LogP contribution in [0.3, 0.4) is 0 Å². The quantitative estimate of drug-likeness (QED) is 0.295. The number of methoxy groups -OCH3 is 1. The van der Waals surface area contributed by atoms with Gasteiger partial charge in [-0.05, 0) is 86.3 Å². The minimum Gasteiger partial charge on any atom is -0.482 e. The summed E-state index contributed by atoms with van der Waals surface area (Å²) >= 11 is 0. The van der Waals surface area contributed by atoms with E-state index in [4.69, 9.17) is 9.47 Å². The topological polar surface area (TPSA) is 61.8 Å². The fraction of sp³-hybridized carbons (Fsp3) is 0.724. The van der Waals surface area contributed by atoms with Gasteiger partial charge in [-0.15, -0.1) is 0 Å². The Labute approximate surface area is 205 Å². The minimum atomic E-state index is -0.328. The van der Waals surface area contributed by atoms with Crippen molar-refractivity contribution in [3.63, 3.8) is 0 Å². The van der Waals surface area contributed by atoms with E-state index in [1.54, 1.807) is 0 Å². The summed E-state index contributed by atoms with van der Waals surface area (Å²) < 4.78 is 15.7. The monoisotopic (exact) mass is 472 g/mol. The third kappa shape index (κ3) is 7.48. The molecule has 0 spiro atoms. The zero-order chi connectivity index (χ0) is 24.5. The van der Waals surface area contributed by atoms with Crippen LogP contribution in [0.15, 0.2) is 18.2 Å². The van der Waals surface area contributed by atoms with Crippen LogP contribution in [-0.4, -0.2) is 31.8 Å². The van der Waals surface area contributed by atoms with Crippen molar-refractivity contribution < 1.29 is 23.8 Å². The molecule has 3 aliphatic carbocycles. The summed E-state index contributed by atoms with van der Waals surface area (Å²) in [5, 5.41) is 0. The highest BCUT2D eigenvalue weighted by atomic mass is 16.6. The SMILES string of the molecule is CCCCCC(CC)OC(=O)C1CC1.COC(=O)COc1cccc2c1CC1CCC(C)C1C2. The Kier molecular flexibility index (Phi) is 10.3. The maximum absolute atomic E-state index is 11.4. The van der Waals surface area contributed by atoms with E-state index in [1.807, 2.05) is 12.1 Å². The second-order valence-electron chi connectivity index (χ2n) is 10.4. The largest absolute Gasteiger partial charge is 0.482 e. The molecular formula is C29H44O5. The Morgan fingerprint density at radius 1 is 1.06 bits per heavy atom. The standard InChI is InChI=1S/C17H22O3.C12H22O2/c1-11-6-7-13-9-15-12(8-14(11)13)4-3-5-16(15)20-10-17(18)19-2;1-3-5-6-7-11(4-2)14-12(13)10-8-9-10/h3-5,11,13-14H,6-10H2,1-2H3;10-11H,3-9H2,1-2H3. The average molecular weight is 473 g/mol. The second kappa shape index (κ2) is 13.2. The maximum atomic E-state index is 11.4. The van der Waals surface area contributed by atoms with Gasteiger partial charge in [0.2, 0.25) is 0 Å². The lowest BCUT2D eigenvalue weighted by Gasteiger charge is -2.31. The van der Waals surface area contributed by atoms with Crippen molar-refractivity contribution >= 4 is 11.9 Å². The summed E-state index contributed by atoms with van der Waals surface area (Å²) in [6.45, 7) is 6.67. The first kappa shape index (κ1) is 26.6. The Hall–Kier alpha value is -2.04. The van der Waals surface area contributed by atoms with Crippen LogP contribution in [0.4, 0.5) is 0 Å². The maximum Gasteiger partial charge on any atom is 0.343 e. The lowest BCUT2D eigenvalue weighted by atomic mass is 9.75. The van der Waals surface area contributed by atoms with Gasteiger partial charge in [-0.1, -0.05) is 52.2 Å². The van der Waals surface area contributed by atoms with Gasteiger partial charge in [0.05, 0.1) is 13.0 Å². The van der Waals surface area contributed by atoms with E-state index in [2.05, 4.69) is 31.6 Å². The third-order valence-corrected chi connectivity index (χ3v) is 7.83. The average Bonchev–Trinajstić information content (AvgIpc) is 3.65. The zero-order valence-electron chi connectivity index (χ0n) is 21.6. The second-order valence-corrected chi connectivity index (χ2v) is 10.4. The molecular weight excluding hydrogens is 428 g/mol. The van der Waals surface area contributed by atoms with E-state index >= 15 is 0 Å². The zero-order valence-corrected chi connectivity index (χ0v) is 21.6. The number of benzene rings is 1. The predicted octanol–water partition coefficient (Wildman–Crippen LogP) is 6.30. The summed E-state index contributed by atoms with van der Waals surface area (Å²) in [5.74, 6) is 3.30. The Morgan fingerprint density at radius 2 is 1.85 bits per heavy atom. The first-order valence-corrected chi connectivity index (χ1v) is 13.5. The van der Waals surface area contributed by atoms with Crippen molar-refractivity contribution in [1.82, 2.24) is 0 Å². The van der Waals surface area contributed by atoms with E-state index in [-0.39, 0.29) is 30.6 Å². The minimum absolute atomic E-state index is 0.00253. The molecule has 0 radical (unpaired) electrons. The molecule has 2 fully saturated rings. The molecule has 4 unspecified atom stereocenters. The summed E-state index contributed by atoms with van der Waals surface area (Å²) in [6.07, 6.45) is 12.9. The van der Waals surface area contributed by atoms with Crippen LogP contribution in [0.25, 0.3) is 0 Å². The van der Waals surface area contributed by atoms with Crippen molar-refractivity contribution in [1.29, 1.82) is 0 Å². The third-order valence-electron chi connectivity index (χ3n) is 7.83. The van der Waals surface area contributed by atoms with Crippen LogP contribution in [-0.2, 0) is 31.9 Å². The Morgan fingerprint density at radius 3 is 2.53 bits per heavy atom. The number of carbonyl (C=O) groups is 2. The number of esters is 2. The van der Waals surface area contributed by atoms with Crippen molar-refractivity contribution in [2.45, 2.75) is 97.5 Å². The first-order chi connectivity index (χ1) is 16.5. The van der Waals surface area contributed by atoms with Crippen LogP contribution < -0.4 is 4.74 Å². The number of hydrogen-bond donors (Lipinski definition) is 0. The highest BCUT2D eigenvalue weighted by Crippen LogP contribution is 2.46. The molecule has 5 heteroatoms. The molecule has 0 aromatic heterocycles. The molecule has 4 atom stereocenters. The van der Waals surface area contributed by atoms with E-state index in [9.17, 15) is 9.59 Å². The highest BCUT2D eigenvalue weighted by molar-refractivity contribution is 5.75. The first-order valence-electron chi connectivity index (χ1n) is 13.5. The van der Waals surface area contributed by atoms with Crippen LogP contribution >= 0.6 is 0 Å². The number of unbranched alkanes of at least 4 members (excludes halogenated alkanes) is 2. The molecule has 0 saturated heterocycles. The fourth-order valence-corrected chi connectivity index (χ4v) is 5.42. The van der Waals surface area contributed by atoms with Gasteiger partial charge in [-0.3, -0.25) is 4.79 Å². The van der Waals surface area contributed by atoms with Gasteiger partial charge in [0, 0.05) is 0 Å². The number of fused-ring (bicyclic) bond motifs is 2. The van der Waals surface area contributed by atoms with Crippen LogP contribution in [0, 0.1) is 23.7 Å². The summed E-state index contributed by atoms with van der Waals surface area (Å²) in [7, 11) is 1.39. The van der Waals surface area contributed by atoms with Gasteiger partial charge >= 0.3 is 11.9 Å². The molecule has 5 nitrogen and oxygen atoms in total. The lowest BCUT2D eigenvalue weighted by Crippen LogP contribution is -2.25. The fourth-order valence-electron chi connectivity index (χ4n) is 5.42. The molecule has 0 amide bonds. The predicted molar refractivity (Wildman–Crippen MR) is 134 cm³/mol. The summed E-state index contributed by atoms with van der Waals surface area (Å²) in [5.41, 5.74) is 2.72. The van der Waals surface area contributed by atoms with E-state index in [1.165, 1.54) is 50.3 Å². The van der Waals surface area contributed by atoms with Crippen molar-refractivity contribution in [3.05, 3.63) is 29.3 Å². The van der Waals surface area contributed by atoms with Gasteiger partial charge in [-0.2, -0.15) is 0 Å². The molecule has 190 valence electrons. The molecule has 4 rings (SSSR count).